The minimum atomic E-state index is -0.136. The molecule has 1 saturated heterocycles. The molecule has 1 aliphatic rings. The molecule has 4 heteroatoms. The monoisotopic (exact) mass is 419 g/mol. The number of hydrogen-bond acceptors (Lipinski definition) is 3. The number of likely N-dealkylation sites (tertiary alicyclic amines) is 1. The molecule has 1 heterocycles. The zero-order valence-electron chi connectivity index (χ0n) is 17.9. The second-order valence-electron chi connectivity index (χ2n) is 8.21. The van der Waals surface area contributed by atoms with Crippen molar-refractivity contribution in [1.29, 1.82) is 0 Å². The van der Waals surface area contributed by atoms with Crippen LogP contribution in [0.5, 0.6) is 11.5 Å². The summed E-state index contributed by atoms with van der Waals surface area (Å²) in [7, 11) is 0. The van der Waals surface area contributed by atoms with E-state index < -0.39 is 0 Å². The van der Waals surface area contributed by atoms with E-state index in [1.54, 1.807) is 12.1 Å². The van der Waals surface area contributed by atoms with Crippen LogP contribution < -0.4 is 9.47 Å². The zero-order valence-corrected chi connectivity index (χ0v) is 17.9. The Labute approximate surface area is 184 Å². The highest BCUT2D eigenvalue weighted by Crippen LogP contribution is 2.22. The minimum Gasteiger partial charge on any atom is -0.492 e. The molecule has 0 amide bonds. The van der Waals surface area contributed by atoms with Gasteiger partial charge in [0.15, 0.2) is 0 Å². The summed E-state index contributed by atoms with van der Waals surface area (Å²) < 4.78 is 25.1. The number of nitrogens with zero attached hydrogens (tertiary/aromatic N) is 1. The van der Waals surface area contributed by atoms with Crippen LogP contribution in [0, 0.1) is 11.7 Å². The van der Waals surface area contributed by atoms with Gasteiger partial charge in [0.25, 0.3) is 0 Å². The molecule has 1 aliphatic heterocycles. The number of piperidine rings is 1. The summed E-state index contributed by atoms with van der Waals surface area (Å²) in [6.07, 6.45) is 3.29. The van der Waals surface area contributed by atoms with Gasteiger partial charge in [-0.2, -0.15) is 0 Å². The average Bonchev–Trinajstić information content (AvgIpc) is 2.80. The van der Waals surface area contributed by atoms with E-state index in [9.17, 15) is 4.39 Å². The summed E-state index contributed by atoms with van der Waals surface area (Å²) in [5, 5.41) is 0. The molecule has 0 radical (unpaired) electrons. The highest BCUT2D eigenvalue weighted by atomic mass is 19.1. The standard InChI is InChI=1S/C27H30FNO2/c28-25-8-4-7-24(20-25)19-22-13-15-29(16-14-22)17-18-30-26-9-11-27(12-10-26)31-21-23-5-2-1-3-6-23/h1-12,20,22H,13-19,21H2. The quantitative estimate of drug-likeness (QED) is 0.442. The van der Waals surface area contributed by atoms with Gasteiger partial charge in [-0.15, -0.1) is 0 Å². The number of hydrogen-bond donors (Lipinski definition) is 0. The van der Waals surface area contributed by atoms with Crippen molar-refractivity contribution in [3.8, 4) is 11.5 Å². The summed E-state index contributed by atoms with van der Waals surface area (Å²) in [6.45, 7) is 4.33. The van der Waals surface area contributed by atoms with E-state index in [1.165, 1.54) is 6.07 Å². The molecule has 162 valence electrons. The lowest BCUT2D eigenvalue weighted by Crippen LogP contribution is -2.37. The van der Waals surface area contributed by atoms with Gasteiger partial charge in [-0.25, -0.2) is 4.39 Å². The van der Waals surface area contributed by atoms with Gasteiger partial charge in [-0.05, 0) is 85.8 Å². The van der Waals surface area contributed by atoms with Crippen LogP contribution >= 0.6 is 0 Å². The van der Waals surface area contributed by atoms with E-state index in [0.29, 0.717) is 19.1 Å². The largest absolute Gasteiger partial charge is 0.492 e. The molecular weight excluding hydrogens is 389 g/mol. The summed E-state index contributed by atoms with van der Waals surface area (Å²) >= 11 is 0. The third-order valence-corrected chi connectivity index (χ3v) is 5.87. The molecular formula is C27H30FNO2. The van der Waals surface area contributed by atoms with Crippen molar-refractivity contribution in [1.82, 2.24) is 4.90 Å². The smallest absolute Gasteiger partial charge is 0.123 e. The first kappa shape index (κ1) is 21.4. The fourth-order valence-electron chi connectivity index (χ4n) is 4.08. The maximum atomic E-state index is 13.4. The summed E-state index contributed by atoms with van der Waals surface area (Å²) in [4.78, 5) is 2.46. The molecule has 3 aromatic carbocycles. The Bertz CT molecular complexity index is 921. The Morgan fingerprint density at radius 1 is 0.774 bits per heavy atom. The molecule has 0 atom stereocenters. The maximum absolute atomic E-state index is 13.4. The Kier molecular flexibility index (Phi) is 7.56. The summed E-state index contributed by atoms with van der Waals surface area (Å²) in [5.74, 6) is 2.22. The van der Waals surface area contributed by atoms with Gasteiger partial charge in [-0.3, -0.25) is 4.90 Å². The van der Waals surface area contributed by atoms with Crippen LogP contribution in [-0.4, -0.2) is 31.1 Å². The van der Waals surface area contributed by atoms with Crippen LogP contribution in [0.2, 0.25) is 0 Å². The molecule has 0 unspecified atom stereocenters. The minimum absolute atomic E-state index is 0.136. The van der Waals surface area contributed by atoms with Crippen LogP contribution in [0.25, 0.3) is 0 Å². The third kappa shape index (κ3) is 6.83. The van der Waals surface area contributed by atoms with Crippen molar-refractivity contribution in [3.05, 3.63) is 95.8 Å². The van der Waals surface area contributed by atoms with Gasteiger partial charge < -0.3 is 9.47 Å². The normalized spacial score (nSPS) is 15.0. The molecule has 1 fully saturated rings. The van der Waals surface area contributed by atoms with Crippen LogP contribution in [0.1, 0.15) is 24.0 Å². The number of halogens is 1. The van der Waals surface area contributed by atoms with Gasteiger partial charge in [0.05, 0.1) is 0 Å². The number of ether oxygens (including phenoxy) is 2. The SMILES string of the molecule is Fc1cccc(CC2CCN(CCOc3ccc(OCc4ccccc4)cc3)CC2)c1. The van der Waals surface area contributed by atoms with Crippen molar-refractivity contribution in [2.24, 2.45) is 5.92 Å². The van der Waals surface area contributed by atoms with E-state index in [1.807, 2.05) is 48.5 Å². The Balaban J connectivity index is 1.13. The third-order valence-electron chi connectivity index (χ3n) is 5.87. The van der Waals surface area contributed by atoms with E-state index in [4.69, 9.17) is 9.47 Å². The van der Waals surface area contributed by atoms with Crippen molar-refractivity contribution < 1.29 is 13.9 Å². The first-order chi connectivity index (χ1) is 15.2. The highest BCUT2D eigenvalue weighted by molar-refractivity contribution is 5.31. The molecule has 0 spiro atoms. The summed E-state index contributed by atoms with van der Waals surface area (Å²) in [5.41, 5.74) is 2.26. The van der Waals surface area contributed by atoms with Crippen LogP contribution in [-0.2, 0) is 13.0 Å². The van der Waals surface area contributed by atoms with Crippen molar-refractivity contribution in [2.45, 2.75) is 25.9 Å². The van der Waals surface area contributed by atoms with E-state index in [0.717, 1.165) is 61.5 Å². The average molecular weight is 420 g/mol. The second-order valence-corrected chi connectivity index (χ2v) is 8.21. The lowest BCUT2D eigenvalue weighted by Gasteiger charge is -2.31. The molecule has 0 aromatic heterocycles. The molecule has 0 saturated carbocycles. The first-order valence-electron chi connectivity index (χ1n) is 11.1. The first-order valence-corrected chi connectivity index (χ1v) is 11.1. The van der Waals surface area contributed by atoms with Crippen molar-refractivity contribution >= 4 is 0 Å². The van der Waals surface area contributed by atoms with Crippen molar-refractivity contribution in [2.75, 3.05) is 26.2 Å². The molecule has 31 heavy (non-hydrogen) atoms. The van der Waals surface area contributed by atoms with Gasteiger partial charge in [0.1, 0.15) is 30.5 Å². The van der Waals surface area contributed by atoms with Crippen LogP contribution in [0.15, 0.2) is 78.9 Å². The summed E-state index contributed by atoms with van der Waals surface area (Å²) in [6, 6.07) is 25.0. The molecule has 0 aliphatic carbocycles. The van der Waals surface area contributed by atoms with Gasteiger partial charge >= 0.3 is 0 Å². The molecule has 3 aromatic rings. The van der Waals surface area contributed by atoms with Crippen LogP contribution in [0.4, 0.5) is 4.39 Å². The lowest BCUT2D eigenvalue weighted by molar-refractivity contribution is 0.154. The Morgan fingerprint density at radius 2 is 1.45 bits per heavy atom. The van der Waals surface area contributed by atoms with E-state index >= 15 is 0 Å². The molecule has 4 rings (SSSR count). The van der Waals surface area contributed by atoms with E-state index in [-0.39, 0.29) is 5.82 Å². The van der Waals surface area contributed by atoms with Gasteiger partial charge in [0, 0.05) is 6.54 Å². The Hall–Kier alpha value is -2.85. The highest BCUT2D eigenvalue weighted by Gasteiger charge is 2.19. The lowest BCUT2D eigenvalue weighted by atomic mass is 9.90. The fourth-order valence-corrected chi connectivity index (χ4v) is 4.08. The van der Waals surface area contributed by atoms with Crippen LogP contribution in [0.3, 0.4) is 0 Å². The Morgan fingerprint density at radius 3 is 2.16 bits per heavy atom. The molecule has 3 nitrogen and oxygen atoms in total. The van der Waals surface area contributed by atoms with E-state index in [2.05, 4.69) is 17.0 Å². The topological polar surface area (TPSA) is 21.7 Å². The van der Waals surface area contributed by atoms with Crippen molar-refractivity contribution in [3.63, 3.8) is 0 Å². The number of benzene rings is 3. The number of rotatable bonds is 9. The molecule has 0 bridgehead atoms. The van der Waals surface area contributed by atoms with Gasteiger partial charge in [-0.1, -0.05) is 42.5 Å². The predicted octanol–water partition coefficient (Wildman–Crippen LogP) is 5.74. The fraction of sp³-hybridized carbons (Fsp3) is 0.333. The predicted molar refractivity (Wildman–Crippen MR) is 122 cm³/mol. The second kappa shape index (κ2) is 11.0. The maximum Gasteiger partial charge on any atom is 0.123 e. The molecule has 0 N–H and O–H groups in total. The van der Waals surface area contributed by atoms with Gasteiger partial charge in [0.2, 0.25) is 0 Å². The zero-order chi connectivity index (χ0) is 21.3.